The molecule has 9 nitrogen and oxygen atoms in total. The molecule has 2 rings (SSSR count). The summed E-state index contributed by atoms with van der Waals surface area (Å²) in [6.45, 7) is 0. The molecule has 20 heavy (non-hydrogen) atoms. The van der Waals surface area contributed by atoms with Gasteiger partial charge in [-0.25, -0.2) is 4.98 Å². The Labute approximate surface area is 115 Å². The van der Waals surface area contributed by atoms with Crippen molar-refractivity contribution in [3.8, 4) is 0 Å². The van der Waals surface area contributed by atoms with Crippen LogP contribution in [0.2, 0.25) is 0 Å². The standard InChI is InChI=1S/C10H7N3O6S/c14-8(15)3-5-4-20-10(11-5)12-9(16)6-1-2-7(19-6)13(17)18/h1-2,4H,3H2,(H,14,15)(H,11,12,16). The van der Waals surface area contributed by atoms with Crippen molar-refractivity contribution in [2.45, 2.75) is 6.42 Å². The largest absolute Gasteiger partial charge is 0.481 e. The van der Waals surface area contributed by atoms with Crippen LogP contribution in [0.15, 0.2) is 21.9 Å². The number of aliphatic carboxylic acids is 1. The zero-order chi connectivity index (χ0) is 14.7. The zero-order valence-electron chi connectivity index (χ0n) is 9.73. The molecule has 0 fully saturated rings. The van der Waals surface area contributed by atoms with Crippen molar-refractivity contribution in [1.82, 2.24) is 4.98 Å². The molecule has 2 aromatic rings. The molecule has 2 aromatic heterocycles. The van der Waals surface area contributed by atoms with Crippen LogP contribution in [-0.4, -0.2) is 26.9 Å². The van der Waals surface area contributed by atoms with Gasteiger partial charge in [0.2, 0.25) is 0 Å². The van der Waals surface area contributed by atoms with E-state index in [1.807, 2.05) is 0 Å². The number of carbonyl (C=O) groups is 2. The first kappa shape index (κ1) is 13.7. The summed E-state index contributed by atoms with van der Waals surface area (Å²) in [6, 6.07) is 2.23. The van der Waals surface area contributed by atoms with E-state index in [4.69, 9.17) is 9.52 Å². The van der Waals surface area contributed by atoms with Crippen LogP contribution < -0.4 is 5.32 Å². The summed E-state index contributed by atoms with van der Waals surface area (Å²) < 4.78 is 4.72. The maximum Gasteiger partial charge on any atom is 0.433 e. The molecule has 0 unspecified atom stereocenters. The number of nitrogens with zero attached hydrogens (tertiary/aromatic N) is 2. The molecule has 0 aliphatic rings. The number of nitro groups is 1. The van der Waals surface area contributed by atoms with Crippen LogP contribution in [0.5, 0.6) is 0 Å². The van der Waals surface area contributed by atoms with E-state index in [9.17, 15) is 19.7 Å². The lowest BCUT2D eigenvalue weighted by Crippen LogP contribution is -2.11. The van der Waals surface area contributed by atoms with Gasteiger partial charge >= 0.3 is 11.9 Å². The van der Waals surface area contributed by atoms with Crippen LogP contribution in [0.4, 0.5) is 11.0 Å². The number of carboxylic acids is 1. The number of thiazole rings is 1. The number of hydrogen-bond acceptors (Lipinski definition) is 7. The van der Waals surface area contributed by atoms with Gasteiger partial charge in [0, 0.05) is 5.38 Å². The van der Waals surface area contributed by atoms with Gasteiger partial charge in [-0.15, -0.1) is 11.3 Å². The molecule has 2 heterocycles. The molecule has 0 aliphatic carbocycles. The van der Waals surface area contributed by atoms with Crippen LogP contribution in [0.1, 0.15) is 16.2 Å². The predicted octanol–water partition coefficient (Wildman–Crippen LogP) is 1.52. The van der Waals surface area contributed by atoms with Gasteiger partial charge < -0.3 is 9.52 Å². The summed E-state index contributed by atoms with van der Waals surface area (Å²) in [6.07, 6.45) is -0.251. The van der Waals surface area contributed by atoms with Crippen LogP contribution in [0.3, 0.4) is 0 Å². The fourth-order valence-corrected chi connectivity index (χ4v) is 2.01. The van der Waals surface area contributed by atoms with E-state index in [1.54, 1.807) is 0 Å². The van der Waals surface area contributed by atoms with Gasteiger partial charge in [0.25, 0.3) is 5.91 Å². The van der Waals surface area contributed by atoms with Crippen LogP contribution >= 0.6 is 11.3 Å². The maximum atomic E-state index is 11.7. The number of hydrogen-bond donors (Lipinski definition) is 2. The second-order valence-electron chi connectivity index (χ2n) is 3.56. The number of furan rings is 1. The van der Waals surface area contributed by atoms with Crippen molar-refractivity contribution in [2.24, 2.45) is 0 Å². The lowest BCUT2D eigenvalue weighted by molar-refractivity contribution is -0.402. The van der Waals surface area contributed by atoms with Crippen molar-refractivity contribution in [1.29, 1.82) is 0 Å². The predicted molar refractivity (Wildman–Crippen MR) is 66.8 cm³/mol. The number of carbonyl (C=O) groups excluding carboxylic acids is 1. The Balaban J connectivity index is 2.05. The fraction of sp³-hybridized carbons (Fsp3) is 0.100. The van der Waals surface area contributed by atoms with E-state index in [0.717, 1.165) is 17.4 Å². The lowest BCUT2D eigenvalue weighted by atomic mass is 10.3. The van der Waals surface area contributed by atoms with Crippen LogP contribution in [0.25, 0.3) is 0 Å². The van der Waals surface area contributed by atoms with Crippen LogP contribution in [-0.2, 0) is 11.2 Å². The first-order valence-electron chi connectivity index (χ1n) is 5.17. The second-order valence-corrected chi connectivity index (χ2v) is 4.42. The Hall–Kier alpha value is -2.75. The maximum absolute atomic E-state index is 11.7. The van der Waals surface area contributed by atoms with Crippen molar-refractivity contribution in [2.75, 3.05) is 5.32 Å². The Morgan fingerprint density at radius 2 is 2.25 bits per heavy atom. The summed E-state index contributed by atoms with van der Waals surface area (Å²) in [7, 11) is 0. The Bertz CT molecular complexity index is 676. The van der Waals surface area contributed by atoms with Gasteiger partial charge in [0.1, 0.15) is 4.92 Å². The lowest BCUT2D eigenvalue weighted by Gasteiger charge is -1.96. The van der Waals surface area contributed by atoms with Gasteiger partial charge in [-0.1, -0.05) is 0 Å². The SMILES string of the molecule is O=C(O)Cc1csc(NC(=O)c2ccc([N+](=O)[O-])o2)n1. The smallest absolute Gasteiger partial charge is 0.433 e. The normalized spacial score (nSPS) is 10.2. The molecule has 104 valence electrons. The molecule has 1 amide bonds. The van der Waals surface area contributed by atoms with Crippen molar-refractivity contribution in [3.63, 3.8) is 0 Å². The van der Waals surface area contributed by atoms with E-state index in [-0.39, 0.29) is 17.3 Å². The summed E-state index contributed by atoms with van der Waals surface area (Å²) in [4.78, 5) is 35.7. The van der Waals surface area contributed by atoms with E-state index in [0.29, 0.717) is 5.69 Å². The summed E-state index contributed by atoms with van der Waals surface area (Å²) in [5.74, 6) is -2.50. The topological polar surface area (TPSA) is 136 Å². The van der Waals surface area contributed by atoms with Gasteiger partial charge in [-0.05, 0) is 6.07 Å². The van der Waals surface area contributed by atoms with Gasteiger partial charge in [0.15, 0.2) is 10.9 Å². The minimum atomic E-state index is -1.03. The first-order valence-corrected chi connectivity index (χ1v) is 6.05. The molecule has 0 aromatic carbocycles. The minimum absolute atomic E-state index is 0.185. The second kappa shape index (κ2) is 5.48. The Morgan fingerprint density at radius 1 is 1.50 bits per heavy atom. The molecule has 0 aliphatic heterocycles. The quantitative estimate of drug-likeness (QED) is 0.630. The summed E-state index contributed by atoms with van der Waals surface area (Å²) >= 11 is 1.05. The molecule has 0 saturated heterocycles. The van der Waals surface area contributed by atoms with E-state index in [1.165, 1.54) is 11.4 Å². The fourth-order valence-electron chi connectivity index (χ4n) is 1.31. The van der Waals surface area contributed by atoms with Crippen molar-refractivity contribution < 1.29 is 24.0 Å². The van der Waals surface area contributed by atoms with Gasteiger partial charge in [0.05, 0.1) is 18.2 Å². The number of anilines is 1. The highest BCUT2D eigenvalue weighted by Crippen LogP contribution is 2.19. The number of nitrogens with one attached hydrogen (secondary N) is 1. The number of rotatable bonds is 5. The molecule has 2 N–H and O–H groups in total. The summed E-state index contributed by atoms with van der Waals surface area (Å²) in [5, 5.41) is 23.0. The average Bonchev–Trinajstić information content (AvgIpc) is 2.97. The number of amides is 1. The van der Waals surface area contributed by atoms with E-state index >= 15 is 0 Å². The number of carboxylic acid groups (broad SMARTS) is 1. The minimum Gasteiger partial charge on any atom is -0.481 e. The van der Waals surface area contributed by atoms with Gasteiger partial charge in [-0.2, -0.15) is 0 Å². The molecular formula is C10H7N3O6S. The molecular weight excluding hydrogens is 290 g/mol. The molecule has 0 radical (unpaired) electrons. The first-order chi connectivity index (χ1) is 9.45. The zero-order valence-corrected chi connectivity index (χ0v) is 10.5. The van der Waals surface area contributed by atoms with E-state index < -0.39 is 22.7 Å². The van der Waals surface area contributed by atoms with Gasteiger partial charge in [-0.3, -0.25) is 25.0 Å². The molecule has 0 atom stereocenters. The van der Waals surface area contributed by atoms with Crippen molar-refractivity contribution >= 4 is 34.2 Å². The number of aromatic nitrogens is 1. The Morgan fingerprint density at radius 3 is 2.85 bits per heavy atom. The molecule has 10 heteroatoms. The highest BCUT2D eigenvalue weighted by atomic mass is 32.1. The average molecular weight is 297 g/mol. The molecule has 0 saturated carbocycles. The van der Waals surface area contributed by atoms with E-state index in [2.05, 4.69) is 10.3 Å². The Kier molecular flexibility index (Phi) is 3.75. The van der Waals surface area contributed by atoms with Crippen molar-refractivity contribution in [3.05, 3.63) is 39.1 Å². The highest BCUT2D eigenvalue weighted by Gasteiger charge is 2.18. The third-order valence-electron chi connectivity index (χ3n) is 2.10. The highest BCUT2D eigenvalue weighted by molar-refractivity contribution is 7.14. The summed E-state index contributed by atoms with van der Waals surface area (Å²) in [5.41, 5.74) is 0.309. The van der Waals surface area contributed by atoms with Crippen LogP contribution in [0, 0.1) is 10.1 Å². The molecule has 0 bridgehead atoms. The third kappa shape index (κ3) is 3.17. The molecule has 0 spiro atoms. The monoisotopic (exact) mass is 297 g/mol. The third-order valence-corrected chi connectivity index (χ3v) is 2.91.